The molecule has 2 rings (SSSR count). The fourth-order valence-corrected chi connectivity index (χ4v) is 3.39. The second-order valence-corrected chi connectivity index (χ2v) is 5.66. The number of hydrogen-bond donors (Lipinski definition) is 1. The van der Waals surface area contributed by atoms with E-state index < -0.39 is 11.4 Å². The minimum absolute atomic E-state index is 0.490. The van der Waals surface area contributed by atoms with E-state index in [0.717, 1.165) is 30.4 Å². The van der Waals surface area contributed by atoms with Crippen LogP contribution in [0.2, 0.25) is 5.02 Å². The summed E-state index contributed by atoms with van der Waals surface area (Å²) >= 11 is 6.20. The van der Waals surface area contributed by atoms with Crippen LogP contribution in [0.15, 0.2) is 12.1 Å². The highest BCUT2D eigenvalue weighted by Gasteiger charge is 2.41. The molecule has 0 aromatic heterocycles. The van der Waals surface area contributed by atoms with E-state index in [-0.39, 0.29) is 0 Å². The Bertz CT molecular complexity index is 467. The maximum absolute atomic E-state index is 11.8. The third-order valence-corrected chi connectivity index (χ3v) is 4.38. The summed E-state index contributed by atoms with van der Waals surface area (Å²) in [4.78, 5) is 11.8. The van der Waals surface area contributed by atoms with Gasteiger partial charge in [-0.15, -0.1) is 0 Å². The van der Waals surface area contributed by atoms with E-state index in [1.165, 1.54) is 0 Å². The van der Waals surface area contributed by atoms with Gasteiger partial charge in [-0.3, -0.25) is 4.79 Å². The Morgan fingerprint density at radius 3 is 2.42 bits per heavy atom. The number of halogens is 1. The third-order valence-electron chi connectivity index (χ3n) is 4.10. The summed E-state index contributed by atoms with van der Waals surface area (Å²) in [5, 5.41) is 10.2. The zero-order valence-electron chi connectivity index (χ0n) is 11.3. The molecule has 1 N–H and O–H groups in total. The van der Waals surface area contributed by atoms with Crippen LogP contribution in [0, 0.1) is 6.92 Å². The van der Waals surface area contributed by atoms with Crippen molar-refractivity contribution in [2.75, 3.05) is 7.11 Å². The van der Waals surface area contributed by atoms with Crippen molar-refractivity contribution in [1.82, 2.24) is 0 Å². The van der Waals surface area contributed by atoms with Crippen LogP contribution in [0.1, 0.15) is 43.2 Å². The molecule has 0 heterocycles. The molecule has 0 amide bonds. The van der Waals surface area contributed by atoms with Crippen molar-refractivity contribution in [2.24, 2.45) is 0 Å². The van der Waals surface area contributed by atoms with Crippen LogP contribution >= 0.6 is 11.6 Å². The van der Waals surface area contributed by atoms with Crippen LogP contribution in [0.4, 0.5) is 0 Å². The van der Waals surface area contributed by atoms with Gasteiger partial charge in [0.2, 0.25) is 0 Å². The monoisotopic (exact) mass is 282 g/mol. The van der Waals surface area contributed by atoms with Crippen molar-refractivity contribution >= 4 is 17.6 Å². The van der Waals surface area contributed by atoms with Crippen LogP contribution in [0.3, 0.4) is 0 Å². The summed E-state index contributed by atoms with van der Waals surface area (Å²) in [6, 6.07) is 3.66. The lowest BCUT2D eigenvalue weighted by Gasteiger charge is -2.34. The van der Waals surface area contributed by atoms with Gasteiger partial charge in [0.25, 0.3) is 0 Å². The van der Waals surface area contributed by atoms with Gasteiger partial charge >= 0.3 is 5.97 Å². The van der Waals surface area contributed by atoms with E-state index >= 15 is 0 Å². The highest BCUT2D eigenvalue weighted by Crippen LogP contribution is 2.42. The Morgan fingerprint density at radius 2 is 1.95 bits per heavy atom. The smallest absolute Gasteiger partial charge is 0.314 e. The van der Waals surface area contributed by atoms with Crippen molar-refractivity contribution < 1.29 is 14.6 Å². The maximum atomic E-state index is 11.8. The van der Waals surface area contributed by atoms with E-state index in [4.69, 9.17) is 16.3 Å². The number of aryl methyl sites for hydroxylation is 1. The summed E-state index contributed by atoms with van der Waals surface area (Å²) < 4.78 is 5.23. The zero-order valence-corrected chi connectivity index (χ0v) is 12.1. The van der Waals surface area contributed by atoms with Gasteiger partial charge in [-0.05, 0) is 37.0 Å². The van der Waals surface area contributed by atoms with Crippen molar-refractivity contribution in [3.05, 3.63) is 28.3 Å². The average molecular weight is 283 g/mol. The molecule has 0 spiro atoms. The van der Waals surface area contributed by atoms with Gasteiger partial charge in [-0.1, -0.05) is 36.9 Å². The highest BCUT2D eigenvalue weighted by molar-refractivity contribution is 6.32. The first kappa shape index (κ1) is 14.2. The first-order chi connectivity index (χ1) is 9.01. The van der Waals surface area contributed by atoms with Gasteiger partial charge in [0.05, 0.1) is 17.5 Å². The fourth-order valence-electron chi connectivity index (χ4n) is 3.05. The topological polar surface area (TPSA) is 46.5 Å². The molecule has 0 atom stereocenters. The minimum atomic E-state index is -0.779. The van der Waals surface area contributed by atoms with Crippen molar-refractivity contribution in [1.29, 1.82) is 0 Å². The van der Waals surface area contributed by atoms with E-state index in [9.17, 15) is 9.90 Å². The molecule has 0 unspecified atom stereocenters. The molecule has 0 aliphatic heterocycles. The minimum Gasteiger partial charge on any atom is -0.495 e. The average Bonchev–Trinajstić information content (AvgIpc) is 2.39. The molecule has 1 aromatic carbocycles. The Hall–Kier alpha value is -1.22. The Morgan fingerprint density at radius 1 is 1.32 bits per heavy atom. The number of carbonyl (C=O) groups is 1. The zero-order chi connectivity index (χ0) is 14.0. The second-order valence-electron chi connectivity index (χ2n) is 5.26. The predicted octanol–water partition coefficient (Wildman–Crippen LogP) is 3.94. The van der Waals surface area contributed by atoms with Gasteiger partial charge < -0.3 is 9.84 Å². The molecular formula is C15H19ClO3. The molecule has 1 aromatic rings. The summed E-state index contributed by atoms with van der Waals surface area (Å²) in [7, 11) is 1.57. The van der Waals surface area contributed by atoms with Crippen LogP contribution < -0.4 is 4.74 Å². The molecule has 104 valence electrons. The van der Waals surface area contributed by atoms with Crippen LogP contribution in [-0.2, 0) is 10.2 Å². The largest absolute Gasteiger partial charge is 0.495 e. The fraction of sp³-hybridized carbons (Fsp3) is 0.533. The molecule has 3 nitrogen and oxygen atoms in total. The number of ether oxygens (including phenoxy) is 1. The summed E-state index contributed by atoms with van der Waals surface area (Å²) in [6.45, 7) is 1.90. The van der Waals surface area contributed by atoms with Crippen LogP contribution in [0.25, 0.3) is 0 Å². The SMILES string of the molecule is COc1c(C)cc(C2(C(=O)O)CCCCC2)cc1Cl. The molecule has 1 fully saturated rings. The summed E-state index contributed by atoms with van der Waals surface area (Å²) in [6.07, 6.45) is 4.39. The van der Waals surface area contributed by atoms with E-state index in [1.54, 1.807) is 13.2 Å². The van der Waals surface area contributed by atoms with Gasteiger partial charge in [-0.25, -0.2) is 0 Å². The molecule has 4 heteroatoms. The summed E-state index contributed by atoms with van der Waals surface area (Å²) in [5.74, 6) is -0.116. The molecule has 19 heavy (non-hydrogen) atoms. The maximum Gasteiger partial charge on any atom is 0.314 e. The lowest BCUT2D eigenvalue weighted by molar-refractivity contribution is -0.145. The van der Waals surface area contributed by atoms with E-state index in [0.29, 0.717) is 23.6 Å². The van der Waals surface area contributed by atoms with Gasteiger partial charge in [-0.2, -0.15) is 0 Å². The third kappa shape index (κ3) is 2.44. The number of hydrogen-bond acceptors (Lipinski definition) is 2. The Kier molecular flexibility index (Phi) is 4.04. The van der Waals surface area contributed by atoms with Gasteiger partial charge in [0, 0.05) is 0 Å². The highest BCUT2D eigenvalue weighted by atomic mass is 35.5. The number of carboxylic acids is 1. The summed E-state index contributed by atoms with van der Waals surface area (Å²) in [5.41, 5.74) is 0.915. The molecule has 1 aliphatic rings. The quantitative estimate of drug-likeness (QED) is 0.913. The standard InChI is InChI=1S/C15H19ClO3/c1-10-8-11(9-12(16)13(10)19-2)15(14(17)18)6-4-3-5-7-15/h8-9H,3-7H2,1-2H3,(H,17,18). The van der Waals surface area contributed by atoms with Crippen molar-refractivity contribution in [3.63, 3.8) is 0 Å². The Balaban J connectivity index is 2.51. The second kappa shape index (κ2) is 5.41. The molecule has 1 saturated carbocycles. The first-order valence-corrected chi connectivity index (χ1v) is 6.97. The molecular weight excluding hydrogens is 264 g/mol. The molecule has 0 bridgehead atoms. The van der Waals surface area contributed by atoms with Crippen molar-refractivity contribution in [2.45, 2.75) is 44.4 Å². The molecule has 1 aliphatic carbocycles. The number of carboxylic acid groups (broad SMARTS) is 1. The first-order valence-electron chi connectivity index (χ1n) is 6.59. The molecule has 0 saturated heterocycles. The lowest BCUT2D eigenvalue weighted by atomic mass is 9.69. The number of benzene rings is 1. The number of rotatable bonds is 3. The van der Waals surface area contributed by atoms with Crippen LogP contribution in [-0.4, -0.2) is 18.2 Å². The molecule has 0 radical (unpaired) electrons. The van der Waals surface area contributed by atoms with Gasteiger partial charge in [0.1, 0.15) is 5.75 Å². The lowest BCUT2D eigenvalue weighted by Crippen LogP contribution is -2.37. The van der Waals surface area contributed by atoms with E-state index in [2.05, 4.69) is 0 Å². The number of aliphatic carboxylic acids is 1. The number of methoxy groups -OCH3 is 1. The van der Waals surface area contributed by atoms with E-state index in [1.807, 2.05) is 13.0 Å². The van der Waals surface area contributed by atoms with Crippen molar-refractivity contribution in [3.8, 4) is 5.75 Å². The Labute approximate surface area is 118 Å². The predicted molar refractivity (Wildman–Crippen MR) is 75.1 cm³/mol. The van der Waals surface area contributed by atoms with Crippen LogP contribution in [0.5, 0.6) is 5.75 Å². The normalized spacial score (nSPS) is 18.1. The van der Waals surface area contributed by atoms with Gasteiger partial charge in [0.15, 0.2) is 0 Å².